The van der Waals surface area contributed by atoms with E-state index in [2.05, 4.69) is 12.2 Å². The molecule has 2 nitrogen and oxygen atoms in total. The van der Waals surface area contributed by atoms with E-state index in [9.17, 15) is 8.96 Å². The van der Waals surface area contributed by atoms with Crippen molar-refractivity contribution in [2.75, 3.05) is 7.11 Å². The second-order valence-corrected chi connectivity index (χ2v) is 3.83. The third kappa shape index (κ3) is 1.81. The minimum Gasteiger partial charge on any atom is -0.500 e. The summed E-state index contributed by atoms with van der Waals surface area (Å²) in [6, 6.07) is 0. The van der Waals surface area contributed by atoms with Crippen LogP contribution < -0.4 is 5.76 Å². The molecule has 0 aliphatic heterocycles. The Morgan fingerprint density at radius 3 is 2.80 bits per heavy atom. The molecule has 0 aromatic carbocycles. The van der Waals surface area contributed by atoms with Gasteiger partial charge in [-0.3, -0.25) is 0 Å². The lowest BCUT2D eigenvalue weighted by Crippen LogP contribution is -1.98. The SMILES string of the molecule is COC1=C2CC3CC3=C2C=CC1.FNF. The molecule has 0 aromatic rings. The molecule has 3 aliphatic rings. The maximum absolute atomic E-state index is 9.38. The van der Waals surface area contributed by atoms with Gasteiger partial charge < -0.3 is 4.74 Å². The summed E-state index contributed by atoms with van der Waals surface area (Å²) in [6.07, 6.45) is 8.08. The molecule has 0 radical (unpaired) electrons. The average Bonchev–Trinajstić information content (AvgIpc) is 2.92. The van der Waals surface area contributed by atoms with E-state index in [1.54, 1.807) is 12.7 Å². The predicted octanol–water partition coefficient (Wildman–Crippen LogP) is 2.91. The van der Waals surface area contributed by atoms with Gasteiger partial charge in [0, 0.05) is 12.2 Å². The number of halogens is 2. The molecule has 3 aliphatic carbocycles. The van der Waals surface area contributed by atoms with E-state index in [-0.39, 0.29) is 5.76 Å². The quantitative estimate of drug-likeness (QED) is 0.676. The Morgan fingerprint density at radius 1 is 1.40 bits per heavy atom. The highest BCUT2D eigenvalue weighted by atomic mass is 19.4. The fourth-order valence-electron chi connectivity index (χ4n) is 2.37. The Balaban J connectivity index is 0.000000258. The summed E-state index contributed by atoms with van der Waals surface area (Å²) in [5.41, 5.74) is 4.67. The molecule has 0 bridgehead atoms. The minimum absolute atomic E-state index is 0.250. The predicted molar refractivity (Wildman–Crippen MR) is 52.9 cm³/mol. The fourth-order valence-corrected chi connectivity index (χ4v) is 2.37. The third-order valence-corrected chi connectivity index (χ3v) is 3.09. The summed E-state index contributed by atoms with van der Waals surface area (Å²) in [5.74, 6) is 1.84. The molecular formula is C11H13F2NO. The lowest BCUT2D eigenvalue weighted by molar-refractivity contribution is 0.130. The number of hydrogen-bond donors (Lipinski definition) is 1. The number of rotatable bonds is 1. The molecule has 1 atom stereocenters. The Bertz CT molecular complexity index is 358. The molecule has 3 rings (SSSR count). The van der Waals surface area contributed by atoms with Crippen molar-refractivity contribution in [2.45, 2.75) is 19.3 Å². The van der Waals surface area contributed by atoms with Gasteiger partial charge >= 0.3 is 0 Å². The van der Waals surface area contributed by atoms with Crippen LogP contribution in [0.15, 0.2) is 34.6 Å². The number of fused-ring (bicyclic) bond motifs is 2. The fraction of sp³-hybridized carbons (Fsp3) is 0.455. The van der Waals surface area contributed by atoms with Crippen LogP contribution in [0.1, 0.15) is 19.3 Å². The van der Waals surface area contributed by atoms with Crippen molar-refractivity contribution in [3.63, 3.8) is 0 Å². The van der Waals surface area contributed by atoms with Crippen LogP contribution in [0.2, 0.25) is 0 Å². The van der Waals surface area contributed by atoms with Crippen molar-refractivity contribution in [1.82, 2.24) is 5.76 Å². The maximum atomic E-state index is 9.38. The van der Waals surface area contributed by atoms with Crippen LogP contribution in [0, 0.1) is 5.92 Å². The van der Waals surface area contributed by atoms with E-state index >= 15 is 0 Å². The van der Waals surface area contributed by atoms with Gasteiger partial charge in [-0.05, 0) is 29.9 Å². The highest BCUT2D eigenvalue weighted by molar-refractivity contribution is 5.58. The summed E-state index contributed by atoms with van der Waals surface area (Å²) in [5, 5.41) is 0. The summed E-state index contributed by atoms with van der Waals surface area (Å²) < 4.78 is 24.1. The molecule has 4 heteroatoms. The Morgan fingerprint density at radius 2 is 2.13 bits per heavy atom. The number of methoxy groups -OCH3 is 1. The van der Waals surface area contributed by atoms with Crippen molar-refractivity contribution in [1.29, 1.82) is 0 Å². The number of hydrogen-bond acceptors (Lipinski definition) is 2. The van der Waals surface area contributed by atoms with Gasteiger partial charge in [-0.2, -0.15) is 0 Å². The van der Waals surface area contributed by atoms with Crippen LogP contribution in [0.4, 0.5) is 8.96 Å². The zero-order chi connectivity index (χ0) is 10.8. The Kier molecular flexibility index (Phi) is 2.86. The van der Waals surface area contributed by atoms with Crippen LogP contribution in [0.5, 0.6) is 0 Å². The number of allylic oxidation sites excluding steroid dienone is 5. The molecule has 1 unspecified atom stereocenters. The first kappa shape index (κ1) is 10.4. The van der Waals surface area contributed by atoms with E-state index in [0.29, 0.717) is 0 Å². The van der Waals surface area contributed by atoms with Gasteiger partial charge in [0.15, 0.2) is 0 Å². The van der Waals surface area contributed by atoms with E-state index < -0.39 is 0 Å². The molecule has 0 saturated heterocycles. The number of ether oxygens (including phenoxy) is 1. The van der Waals surface area contributed by atoms with Crippen LogP contribution in [0.25, 0.3) is 0 Å². The van der Waals surface area contributed by atoms with Crippen molar-refractivity contribution in [3.05, 3.63) is 34.6 Å². The molecule has 0 spiro atoms. The van der Waals surface area contributed by atoms with Gasteiger partial charge in [0.25, 0.3) is 0 Å². The van der Waals surface area contributed by atoms with Crippen molar-refractivity contribution < 1.29 is 13.7 Å². The minimum atomic E-state index is -0.250. The lowest BCUT2D eigenvalue weighted by atomic mass is 9.97. The first-order valence-corrected chi connectivity index (χ1v) is 4.94. The van der Waals surface area contributed by atoms with E-state index in [0.717, 1.165) is 12.3 Å². The first-order valence-electron chi connectivity index (χ1n) is 4.94. The van der Waals surface area contributed by atoms with Gasteiger partial charge in [0.05, 0.1) is 7.11 Å². The van der Waals surface area contributed by atoms with Crippen LogP contribution >= 0.6 is 0 Å². The van der Waals surface area contributed by atoms with Gasteiger partial charge in [-0.25, -0.2) is 0 Å². The molecule has 0 heterocycles. The van der Waals surface area contributed by atoms with Crippen LogP contribution in [-0.2, 0) is 4.74 Å². The topological polar surface area (TPSA) is 21.3 Å². The highest BCUT2D eigenvalue weighted by Crippen LogP contribution is 2.55. The standard InChI is InChI=1S/C11H12O.F2HN/c1-12-11-4-2-3-8-9-5-7(9)6-10(8)11;1-3-2/h2-3,7H,4-6H2,1H3;3H. The summed E-state index contributed by atoms with van der Waals surface area (Å²) in [7, 11) is 1.79. The Hall–Kier alpha value is -1.16. The molecular weight excluding hydrogens is 200 g/mol. The van der Waals surface area contributed by atoms with Gasteiger partial charge in [0.2, 0.25) is 0 Å². The van der Waals surface area contributed by atoms with Crippen LogP contribution in [0.3, 0.4) is 0 Å². The van der Waals surface area contributed by atoms with Gasteiger partial charge in [-0.15, -0.1) is 8.96 Å². The lowest BCUT2D eigenvalue weighted by Gasteiger charge is -2.15. The van der Waals surface area contributed by atoms with Crippen molar-refractivity contribution in [3.8, 4) is 0 Å². The van der Waals surface area contributed by atoms with E-state index in [1.165, 1.54) is 29.7 Å². The highest BCUT2D eigenvalue weighted by Gasteiger charge is 2.41. The monoisotopic (exact) mass is 213 g/mol. The first-order chi connectivity index (χ1) is 7.31. The molecule has 15 heavy (non-hydrogen) atoms. The van der Waals surface area contributed by atoms with E-state index in [1.807, 2.05) is 0 Å². The van der Waals surface area contributed by atoms with E-state index in [4.69, 9.17) is 4.74 Å². The number of nitrogens with one attached hydrogen (secondary N) is 1. The van der Waals surface area contributed by atoms with Gasteiger partial charge in [0.1, 0.15) is 5.76 Å². The molecule has 82 valence electrons. The summed E-state index contributed by atoms with van der Waals surface area (Å²) in [4.78, 5) is 0. The molecule has 1 fully saturated rings. The normalized spacial score (nSPS) is 25.7. The smallest absolute Gasteiger partial charge is 0.103 e. The zero-order valence-corrected chi connectivity index (χ0v) is 8.52. The maximum Gasteiger partial charge on any atom is 0.103 e. The van der Waals surface area contributed by atoms with Crippen LogP contribution in [-0.4, -0.2) is 7.11 Å². The molecule has 1 N–H and O–H groups in total. The second-order valence-electron chi connectivity index (χ2n) is 3.83. The largest absolute Gasteiger partial charge is 0.500 e. The molecule has 1 saturated carbocycles. The zero-order valence-electron chi connectivity index (χ0n) is 8.52. The van der Waals surface area contributed by atoms with Crippen molar-refractivity contribution in [2.24, 2.45) is 5.92 Å². The summed E-state index contributed by atoms with van der Waals surface area (Å²) in [6.45, 7) is 0. The molecule has 0 amide bonds. The van der Waals surface area contributed by atoms with Crippen molar-refractivity contribution >= 4 is 0 Å². The van der Waals surface area contributed by atoms with Gasteiger partial charge in [-0.1, -0.05) is 17.7 Å². The second kappa shape index (κ2) is 4.14. The third-order valence-electron chi connectivity index (χ3n) is 3.09. The molecule has 0 aromatic heterocycles. The Labute approximate surface area is 87.2 Å². The average molecular weight is 213 g/mol. The summed E-state index contributed by atoms with van der Waals surface area (Å²) >= 11 is 0.